The second-order valence-electron chi connectivity index (χ2n) is 10.2. The maximum atomic E-state index is 13.8. The number of aliphatic hydroxyl groups is 1. The highest BCUT2D eigenvalue weighted by Crippen LogP contribution is 2.31. The third-order valence-electron chi connectivity index (χ3n) is 6.25. The summed E-state index contributed by atoms with van der Waals surface area (Å²) in [4.78, 5) is 11.4. The minimum atomic E-state index is -4.61. The van der Waals surface area contributed by atoms with Crippen molar-refractivity contribution in [2.24, 2.45) is 0 Å². The van der Waals surface area contributed by atoms with Gasteiger partial charge in [-0.3, -0.25) is 4.55 Å². The molecule has 0 aromatic heterocycles. The summed E-state index contributed by atoms with van der Waals surface area (Å²) in [5.74, 6) is -1.39. The minimum Gasteiger partial charge on any atom is -0.478 e. The normalized spacial score (nSPS) is 13.2. The van der Waals surface area contributed by atoms with Gasteiger partial charge in [-0.1, -0.05) is 58.4 Å². The number of rotatable bonds is 12. The number of halogens is 2. The van der Waals surface area contributed by atoms with Crippen molar-refractivity contribution in [3.8, 4) is 11.1 Å². The first-order valence-electron chi connectivity index (χ1n) is 12.8. The highest BCUT2D eigenvalue weighted by Gasteiger charge is 2.21. The molecule has 0 aliphatic carbocycles. The van der Waals surface area contributed by atoms with Gasteiger partial charge >= 0.3 is 16.4 Å². The van der Waals surface area contributed by atoms with E-state index in [9.17, 15) is 19.4 Å². The number of ether oxygens (including phenoxy) is 1. The number of β-amino-alcohol motifs (C(OH)–C–C–N with tert-alkyl or cyclic N) is 1. The van der Waals surface area contributed by atoms with E-state index in [4.69, 9.17) is 34.6 Å². The van der Waals surface area contributed by atoms with Crippen LogP contribution in [0.5, 0.6) is 0 Å². The van der Waals surface area contributed by atoms with Crippen molar-refractivity contribution in [2.75, 3.05) is 13.2 Å². The first-order chi connectivity index (χ1) is 19.5. The summed E-state index contributed by atoms with van der Waals surface area (Å²) in [5.41, 5.74) is 4.22. The molecule has 10 nitrogen and oxygen atoms in total. The number of benzene rings is 3. The van der Waals surface area contributed by atoms with Gasteiger partial charge in [0.25, 0.3) is 0 Å². The zero-order valence-electron chi connectivity index (χ0n) is 23.5. The molecule has 0 unspecified atom stereocenters. The number of aromatic carboxylic acids is 1. The molecule has 0 bridgehead atoms. The lowest BCUT2D eigenvalue weighted by Crippen LogP contribution is -2.46. The van der Waals surface area contributed by atoms with E-state index in [1.807, 2.05) is 51.1 Å². The van der Waals surface area contributed by atoms with E-state index in [-0.39, 0.29) is 28.8 Å². The molecule has 42 heavy (non-hydrogen) atoms. The number of hydrogen-bond acceptors (Lipinski definition) is 8. The van der Waals surface area contributed by atoms with Crippen molar-refractivity contribution in [2.45, 2.75) is 51.9 Å². The Kier molecular flexibility index (Phi) is 13.0. The molecular formula is C29H35ClFNO9S. The van der Waals surface area contributed by atoms with E-state index >= 15 is 0 Å². The fourth-order valence-corrected chi connectivity index (χ4v) is 4.32. The number of aryl methyl sites for hydroxylation is 1. The van der Waals surface area contributed by atoms with Crippen molar-refractivity contribution >= 4 is 28.0 Å². The molecule has 0 saturated carbocycles. The molecule has 13 heteroatoms. The Morgan fingerprint density at radius 3 is 2.33 bits per heavy atom. The van der Waals surface area contributed by atoms with Gasteiger partial charge in [-0.15, -0.1) is 0 Å². The summed E-state index contributed by atoms with van der Waals surface area (Å²) in [6, 6.07) is 17.9. The third-order valence-corrected chi connectivity index (χ3v) is 6.74. The average Bonchev–Trinajstić information content (AvgIpc) is 2.92. The SMILES string of the molecule is Cc1cc(-c2ccccc2[C@@H](C)OC[C@H](O)CNC(C)(C)Cc2ccc(Cl)c(F)c2)ccc1C(=O)O.O=S(=O)(O)OO. The molecule has 0 aliphatic heterocycles. The van der Waals surface area contributed by atoms with Gasteiger partial charge in [-0.05, 0) is 80.1 Å². The monoisotopic (exact) mass is 627 g/mol. The minimum absolute atomic E-state index is 0.0974. The Balaban J connectivity index is 0.000000928. The van der Waals surface area contributed by atoms with Crippen LogP contribution in [-0.2, 0) is 25.9 Å². The van der Waals surface area contributed by atoms with Crippen molar-refractivity contribution in [3.05, 3.63) is 93.8 Å². The summed E-state index contributed by atoms with van der Waals surface area (Å²) in [6.07, 6.45) is -0.461. The summed E-state index contributed by atoms with van der Waals surface area (Å²) in [5, 5.41) is 30.3. The van der Waals surface area contributed by atoms with Gasteiger partial charge in [0.1, 0.15) is 5.82 Å². The molecular weight excluding hydrogens is 593 g/mol. The fourth-order valence-electron chi connectivity index (χ4n) is 4.21. The van der Waals surface area contributed by atoms with E-state index in [1.54, 1.807) is 31.2 Å². The number of carboxylic acids is 1. The largest absolute Gasteiger partial charge is 0.478 e. The van der Waals surface area contributed by atoms with Gasteiger partial charge in [-0.2, -0.15) is 8.42 Å². The predicted octanol–water partition coefficient (Wildman–Crippen LogP) is 5.48. The van der Waals surface area contributed by atoms with Crippen molar-refractivity contribution < 1.29 is 46.7 Å². The van der Waals surface area contributed by atoms with Crippen LogP contribution in [0.3, 0.4) is 0 Å². The lowest BCUT2D eigenvalue weighted by Gasteiger charge is -2.28. The Morgan fingerprint density at radius 2 is 1.76 bits per heavy atom. The van der Waals surface area contributed by atoms with Crippen molar-refractivity contribution in [1.29, 1.82) is 0 Å². The van der Waals surface area contributed by atoms with Crippen LogP contribution in [0.2, 0.25) is 5.02 Å². The third kappa shape index (κ3) is 11.4. The molecule has 0 fully saturated rings. The number of nitrogens with one attached hydrogen (secondary N) is 1. The molecule has 3 aromatic rings. The van der Waals surface area contributed by atoms with E-state index in [1.165, 1.54) is 6.07 Å². The average molecular weight is 628 g/mol. The smallest absolute Gasteiger partial charge is 0.423 e. The highest BCUT2D eigenvalue weighted by atomic mass is 35.5. The first kappa shape index (κ1) is 35.3. The molecule has 0 aliphatic rings. The molecule has 0 saturated heterocycles. The molecule has 3 aromatic carbocycles. The first-order valence-corrected chi connectivity index (χ1v) is 14.5. The van der Waals surface area contributed by atoms with Gasteiger partial charge < -0.3 is 20.3 Å². The maximum absolute atomic E-state index is 13.8. The fraction of sp³-hybridized carbons (Fsp3) is 0.345. The zero-order valence-corrected chi connectivity index (χ0v) is 25.1. The van der Waals surface area contributed by atoms with Gasteiger partial charge in [0.15, 0.2) is 0 Å². The lowest BCUT2D eigenvalue weighted by molar-refractivity contribution is -0.139. The van der Waals surface area contributed by atoms with Crippen molar-refractivity contribution in [3.63, 3.8) is 0 Å². The molecule has 0 spiro atoms. The zero-order chi connectivity index (χ0) is 31.7. The second-order valence-corrected chi connectivity index (χ2v) is 11.7. The Morgan fingerprint density at radius 1 is 1.12 bits per heavy atom. The quantitative estimate of drug-likeness (QED) is 0.0987. The van der Waals surface area contributed by atoms with Crippen LogP contribution >= 0.6 is 11.6 Å². The van der Waals surface area contributed by atoms with Crippen LogP contribution in [0.4, 0.5) is 4.39 Å². The van der Waals surface area contributed by atoms with Gasteiger partial charge in [0.2, 0.25) is 0 Å². The number of carboxylic acid groups (broad SMARTS) is 1. The molecule has 3 rings (SSSR count). The van der Waals surface area contributed by atoms with Crippen LogP contribution in [-0.4, -0.2) is 59.2 Å². The van der Waals surface area contributed by atoms with Gasteiger partial charge in [0, 0.05) is 12.1 Å². The molecule has 0 heterocycles. The summed E-state index contributed by atoms with van der Waals surface area (Å²) in [7, 11) is -4.61. The van der Waals surface area contributed by atoms with E-state index < -0.39 is 28.3 Å². The number of carbonyl (C=O) groups is 1. The number of hydrogen-bond donors (Lipinski definition) is 5. The van der Waals surface area contributed by atoms with E-state index in [0.29, 0.717) is 18.5 Å². The maximum Gasteiger partial charge on any atom is 0.423 e. The molecule has 230 valence electrons. The van der Waals surface area contributed by atoms with Gasteiger partial charge in [-0.25, -0.2) is 14.4 Å². The molecule has 0 amide bonds. The number of aliphatic hydroxyl groups excluding tert-OH is 1. The van der Waals surface area contributed by atoms with E-state index in [0.717, 1.165) is 22.3 Å². The van der Waals surface area contributed by atoms with E-state index in [2.05, 4.69) is 9.65 Å². The summed E-state index contributed by atoms with van der Waals surface area (Å²) in [6.45, 7) is 8.13. The van der Waals surface area contributed by atoms with Crippen LogP contribution in [0.1, 0.15) is 53.9 Å². The summed E-state index contributed by atoms with van der Waals surface area (Å²) >= 11 is 5.77. The van der Waals surface area contributed by atoms with Crippen molar-refractivity contribution in [1.82, 2.24) is 5.32 Å². The predicted molar refractivity (Wildman–Crippen MR) is 156 cm³/mol. The highest BCUT2D eigenvalue weighted by molar-refractivity contribution is 7.80. The second kappa shape index (κ2) is 15.5. The standard InChI is InChI=1S/C29H33ClFNO4.H2O5S/c1-18-13-21(10-11-23(18)28(34)35)25-8-6-5-7-24(25)19(2)36-17-22(33)16-32-29(3,4)15-20-9-12-26(30)27(31)14-20;1-5-6(2,3)4/h5-14,19,22,32-33H,15-17H2,1-4H3,(H,34,35);1H,(H,2,3,4)/t19-,22-;/m1./s1. The summed E-state index contributed by atoms with van der Waals surface area (Å²) < 4.78 is 47.7. The van der Waals surface area contributed by atoms with Crippen LogP contribution in [0.15, 0.2) is 60.7 Å². The van der Waals surface area contributed by atoms with Crippen LogP contribution < -0.4 is 5.32 Å². The topological polar surface area (TPSA) is 163 Å². The molecule has 5 N–H and O–H groups in total. The van der Waals surface area contributed by atoms with Crippen LogP contribution in [0.25, 0.3) is 11.1 Å². The lowest BCUT2D eigenvalue weighted by atomic mass is 9.94. The molecule has 2 atom stereocenters. The Bertz CT molecular complexity index is 1470. The molecule has 0 radical (unpaired) electrons. The van der Waals surface area contributed by atoms with Crippen LogP contribution in [0, 0.1) is 12.7 Å². The Hall–Kier alpha value is -2.94. The van der Waals surface area contributed by atoms with Gasteiger partial charge in [0.05, 0.1) is 29.4 Å². The Labute approximate surface area is 249 Å².